The Labute approximate surface area is 181 Å². The molecule has 0 fully saturated rings. The van der Waals surface area contributed by atoms with Gasteiger partial charge in [0.1, 0.15) is 5.75 Å². The topological polar surface area (TPSA) is 38.3 Å². The number of carbonyl (C=O) groups is 1. The summed E-state index contributed by atoms with van der Waals surface area (Å²) in [6.45, 7) is 3.96. The maximum Gasteiger partial charge on any atom is 0.237 e. The predicted octanol–water partition coefficient (Wildman–Crippen LogP) is 6.42. The predicted molar refractivity (Wildman–Crippen MR) is 124 cm³/mol. The molecule has 29 heavy (non-hydrogen) atoms. The number of thioether (sulfide) groups is 2. The second-order valence-electron chi connectivity index (χ2n) is 6.68. The van der Waals surface area contributed by atoms with E-state index in [0.717, 1.165) is 27.6 Å². The van der Waals surface area contributed by atoms with Crippen LogP contribution in [0.4, 0.5) is 5.69 Å². The van der Waals surface area contributed by atoms with Crippen molar-refractivity contribution in [1.29, 1.82) is 0 Å². The Kier molecular flexibility index (Phi) is 7.67. The molecule has 3 rings (SSSR count). The number of nitrogens with one attached hydrogen (secondary N) is 1. The van der Waals surface area contributed by atoms with Crippen LogP contribution < -0.4 is 10.1 Å². The summed E-state index contributed by atoms with van der Waals surface area (Å²) in [5.74, 6) is 1.72. The van der Waals surface area contributed by atoms with Gasteiger partial charge in [-0.15, -0.1) is 23.5 Å². The van der Waals surface area contributed by atoms with Crippen LogP contribution in [0.15, 0.2) is 82.6 Å². The van der Waals surface area contributed by atoms with Gasteiger partial charge in [-0.1, -0.05) is 30.3 Å². The largest absolute Gasteiger partial charge is 0.497 e. The van der Waals surface area contributed by atoms with Crippen molar-refractivity contribution in [2.75, 3.05) is 12.4 Å². The summed E-state index contributed by atoms with van der Waals surface area (Å²) in [5, 5.41) is 2.86. The third kappa shape index (κ3) is 6.31. The first-order valence-corrected chi connectivity index (χ1v) is 11.3. The standard InChI is InChI=1S/C24H25NO2S2/c1-17-15-19(16-28-21-7-5-4-6-8-21)9-14-23(17)25-24(26)18(2)29-22-12-10-20(27-3)11-13-22/h4-15,18H,16H2,1-3H3,(H,25,26)/t18-/m1/s1. The molecule has 0 radical (unpaired) electrons. The number of hydrogen-bond donors (Lipinski definition) is 1. The summed E-state index contributed by atoms with van der Waals surface area (Å²) in [7, 11) is 1.65. The van der Waals surface area contributed by atoms with Crippen molar-refractivity contribution >= 4 is 35.1 Å². The van der Waals surface area contributed by atoms with Crippen LogP contribution in [0.25, 0.3) is 0 Å². The van der Waals surface area contributed by atoms with Crippen LogP contribution in [0.5, 0.6) is 5.75 Å². The van der Waals surface area contributed by atoms with Gasteiger partial charge in [-0.05, 0) is 67.4 Å². The Morgan fingerprint density at radius 1 is 1.00 bits per heavy atom. The molecule has 0 spiro atoms. The van der Waals surface area contributed by atoms with Gasteiger partial charge < -0.3 is 10.1 Å². The molecule has 0 bridgehead atoms. The lowest BCUT2D eigenvalue weighted by Gasteiger charge is -2.14. The van der Waals surface area contributed by atoms with Crippen molar-refractivity contribution in [1.82, 2.24) is 0 Å². The van der Waals surface area contributed by atoms with Crippen molar-refractivity contribution in [2.24, 2.45) is 0 Å². The number of methoxy groups -OCH3 is 1. The van der Waals surface area contributed by atoms with Crippen LogP contribution in [0.1, 0.15) is 18.1 Å². The molecular weight excluding hydrogens is 398 g/mol. The smallest absolute Gasteiger partial charge is 0.237 e. The molecule has 0 unspecified atom stereocenters. The van der Waals surface area contributed by atoms with E-state index in [0.29, 0.717) is 0 Å². The molecular formula is C24H25NO2S2. The van der Waals surface area contributed by atoms with Crippen LogP contribution in [-0.2, 0) is 10.5 Å². The highest BCUT2D eigenvalue weighted by Crippen LogP contribution is 2.28. The molecule has 5 heteroatoms. The molecule has 150 valence electrons. The van der Waals surface area contributed by atoms with Gasteiger partial charge in [-0.3, -0.25) is 4.79 Å². The Bertz CT molecular complexity index is 943. The summed E-state index contributed by atoms with van der Waals surface area (Å²) in [5.41, 5.74) is 3.19. The zero-order chi connectivity index (χ0) is 20.6. The fourth-order valence-corrected chi connectivity index (χ4v) is 4.52. The lowest BCUT2D eigenvalue weighted by Crippen LogP contribution is -2.22. The molecule has 3 aromatic rings. The molecule has 0 aromatic heterocycles. The normalized spacial score (nSPS) is 11.7. The minimum atomic E-state index is -0.198. The highest BCUT2D eigenvalue weighted by molar-refractivity contribution is 8.00. The Balaban J connectivity index is 1.56. The number of ether oxygens (including phenoxy) is 1. The minimum absolute atomic E-state index is 0.000304. The first-order valence-electron chi connectivity index (χ1n) is 9.44. The van der Waals surface area contributed by atoms with Gasteiger partial charge in [0.2, 0.25) is 5.91 Å². The maximum absolute atomic E-state index is 12.6. The molecule has 1 atom stereocenters. The fourth-order valence-electron chi connectivity index (χ4n) is 2.79. The Morgan fingerprint density at radius 2 is 1.72 bits per heavy atom. The first kappa shape index (κ1) is 21.3. The first-order chi connectivity index (χ1) is 14.0. The maximum atomic E-state index is 12.6. The van der Waals surface area contributed by atoms with E-state index < -0.39 is 0 Å². The van der Waals surface area contributed by atoms with E-state index in [4.69, 9.17) is 4.74 Å². The van der Waals surface area contributed by atoms with Crippen molar-refractivity contribution in [2.45, 2.75) is 34.6 Å². The van der Waals surface area contributed by atoms with E-state index in [9.17, 15) is 4.79 Å². The number of benzene rings is 3. The molecule has 0 heterocycles. The zero-order valence-electron chi connectivity index (χ0n) is 16.8. The lowest BCUT2D eigenvalue weighted by molar-refractivity contribution is -0.115. The number of anilines is 1. The summed E-state index contributed by atoms with van der Waals surface area (Å²) in [6.07, 6.45) is 0. The molecule has 0 aliphatic carbocycles. The average molecular weight is 424 g/mol. The number of amides is 1. The number of rotatable bonds is 8. The SMILES string of the molecule is COc1ccc(S[C@H](C)C(=O)Nc2ccc(CSc3ccccc3)cc2C)cc1. The van der Waals surface area contributed by atoms with Crippen molar-refractivity contribution in [3.8, 4) is 5.75 Å². The lowest BCUT2D eigenvalue weighted by atomic mass is 10.1. The monoisotopic (exact) mass is 423 g/mol. The van der Waals surface area contributed by atoms with Crippen molar-refractivity contribution in [3.05, 3.63) is 83.9 Å². The van der Waals surface area contributed by atoms with Gasteiger partial charge in [0.05, 0.1) is 12.4 Å². The third-order valence-electron chi connectivity index (χ3n) is 4.44. The van der Waals surface area contributed by atoms with Gasteiger partial charge in [-0.2, -0.15) is 0 Å². The molecule has 1 N–H and O–H groups in total. The molecule has 3 aromatic carbocycles. The van der Waals surface area contributed by atoms with E-state index in [1.165, 1.54) is 22.2 Å². The Hall–Kier alpha value is -2.37. The number of hydrogen-bond acceptors (Lipinski definition) is 4. The van der Waals surface area contributed by atoms with Gasteiger partial charge in [0, 0.05) is 21.2 Å². The van der Waals surface area contributed by atoms with E-state index in [1.54, 1.807) is 7.11 Å². The second-order valence-corrected chi connectivity index (χ2v) is 9.14. The summed E-state index contributed by atoms with van der Waals surface area (Å²) < 4.78 is 5.18. The van der Waals surface area contributed by atoms with Gasteiger partial charge >= 0.3 is 0 Å². The molecule has 0 aliphatic rings. The van der Waals surface area contributed by atoms with E-state index in [-0.39, 0.29) is 11.2 Å². The van der Waals surface area contributed by atoms with Crippen LogP contribution in [0.3, 0.4) is 0 Å². The quantitative estimate of drug-likeness (QED) is 0.425. The van der Waals surface area contributed by atoms with Crippen molar-refractivity contribution in [3.63, 3.8) is 0 Å². The van der Waals surface area contributed by atoms with Crippen LogP contribution in [0, 0.1) is 6.92 Å². The summed E-state index contributed by atoms with van der Waals surface area (Å²) in [6, 6.07) is 24.4. The number of carbonyl (C=O) groups excluding carboxylic acids is 1. The van der Waals surface area contributed by atoms with E-state index in [1.807, 2.05) is 62.0 Å². The molecule has 0 saturated carbocycles. The van der Waals surface area contributed by atoms with Gasteiger partial charge in [0.25, 0.3) is 0 Å². The van der Waals surface area contributed by atoms with E-state index in [2.05, 4.69) is 41.7 Å². The highest BCUT2D eigenvalue weighted by atomic mass is 32.2. The molecule has 0 aliphatic heterocycles. The number of aryl methyl sites for hydroxylation is 1. The van der Waals surface area contributed by atoms with Crippen LogP contribution >= 0.6 is 23.5 Å². The summed E-state index contributed by atoms with van der Waals surface area (Å²) in [4.78, 5) is 14.9. The van der Waals surface area contributed by atoms with Crippen molar-refractivity contribution < 1.29 is 9.53 Å². The average Bonchev–Trinajstić information content (AvgIpc) is 2.75. The second kappa shape index (κ2) is 10.4. The fraction of sp³-hybridized carbons (Fsp3) is 0.208. The molecule has 3 nitrogen and oxygen atoms in total. The molecule has 0 saturated heterocycles. The zero-order valence-corrected chi connectivity index (χ0v) is 18.5. The van der Waals surface area contributed by atoms with Gasteiger partial charge in [0.15, 0.2) is 0 Å². The highest BCUT2D eigenvalue weighted by Gasteiger charge is 2.15. The summed E-state index contributed by atoms with van der Waals surface area (Å²) >= 11 is 3.35. The third-order valence-corrected chi connectivity index (χ3v) is 6.63. The van der Waals surface area contributed by atoms with Crippen LogP contribution in [0.2, 0.25) is 0 Å². The van der Waals surface area contributed by atoms with E-state index >= 15 is 0 Å². The van der Waals surface area contributed by atoms with Gasteiger partial charge in [-0.25, -0.2) is 0 Å². The van der Waals surface area contributed by atoms with Crippen LogP contribution in [-0.4, -0.2) is 18.3 Å². The minimum Gasteiger partial charge on any atom is -0.497 e. The Morgan fingerprint density at radius 3 is 2.38 bits per heavy atom. The molecule has 1 amide bonds.